The van der Waals surface area contributed by atoms with Gasteiger partial charge in [-0.1, -0.05) is 24.3 Å². The highest BCUT2D eigenvalue weighted by molar-refractivity contribution is 5.84. The lowest BCUT2D eigenvalue weighted by Crippen LogP contribution is -2.32. The number of fused-ring (bicyclic) bond motifs is 1. The molecule has 3 nitrogen and oxygen atoms in total. The van der Waals surface area contributed by atoms with Gasteiger partial charge in [-0.3, -0.25) is 4.79 Å². The predicted molar refractivity (Wildman–Crippen MR) is 83.3 cm³/mol. The molecule has 21 heavy (non-hydrogen) atoms. The smallest absolute Gasteiger partial charge is 0.227 e. The Bertz CT molecular complexity index is 482. The predicted octanol–water partition coefficient (Wildman–Crippen LogP) is 3.04. The molecule has 2 aliphatic carbocycles. The minimum atomic E-state index is 0.0438. The zero-order chi connectivity index (χ0) is 14.5. The average molecular weight is 287 g/mol. The van der Waals surface area contributed by atoms with Crippen LogP contribution in [0.5, 0.6) is 0 Å². The SMILES string of the molecule is O=C(NCCCOCC1CC1)C1CCCc2ccccc21. The molecule has 3 heteroatoms. The summed E-state index contributed by atoms with van der Waals surface area (Å²) in [5, 5.41) is 3.08. The van der Waals surface area contributed by atoms with E-state index in [4.69, 9.17) is 4.74 Å². The number of carbonyl (C=O) groups is 1. The number of hydrogen-bond acceptors (Lipinski definition) is 2. The Morgan fingerprint density at radius 1 is 1.24 bits per heavy atom. The van der Waals surface area contributed by atoms with Crippen molar-refractivity contribution in [2.45, 2.75) is 44.4 Å². The van der Waals surface area contributed by atoms with Crippen LogP contribution in [-0.4, -0.2) is 25.7 Å². The molecule has 3 rings (SSSR count). The molecule has 1 unspecified atom stereocenters. The van der Waals surface area contributed by atoms with Crippen molar-refractivity contribution in [3.8, 4) is 0 Å². The quantitative estimate of drug-likeness (QED) is 0.783. The van der Waals surface area contributed by atoms with E-state index in [0.29, 0.717) is 0 Å². The monoisotopic (exact) mass is 287 g/mol. The maximum atomic E-state index is 12.4. The van der Waals surface area contributed by atoms with Crippen LogP contribution in [0.1, 0.15) is 49.1 Å². The molecule has 0 aliphatic heterocycles. The van der Waals surface area contributed by atoms with Crippen molar-refractivity contribution in [1.82, 2.24) is 5.32 Å². The summed E-state index contributed by atoms with van der Waals surface area (Å²) in [6.45, 7) is 2.39. The van der Waals surface area contributed by atoms with E-state index in [-0.39, 0.29) is 11.8 Å². The van der Waals surface area contributed by atoms with Gasteiger partial charge in [-0.05, 0) is 55.6 Å². The molecule has 1 aromatic carbocycles. The molecule has 1 atom stereocenters. The van der Waals surface area contributed by atoms with Crippen molar-refractivity contribution in [3.63, 3.8) is 0 Å². The molecule has 1 saturated carbocycles. The van der Waals surface area contributed by atoms with Gasteiger partial charge < -0.3 is 10.1 Å². The topological polar surface area (TPSA) is 38.3 Å². The number of ether oxygens (including phenoxy) is 1. The second-order valence-electron chi connectivity index (χ2n) is 6.31. The second kappa shape index (κ2) is 7.08. The fraction of sp³-hybridized carbons (Fsp3) is 0.611. The lowest BCUT2D eigenvalue weighted by molar-refractivity contribution is -0.122. The summed E-state index contributed by atoms with van der Waals surface area (Å²) < 4.78 is 5.59. The fourth-order valence-corrected chi connectivity index (χ4v) is 3.07. The van der Waals surface area contributed by atoms with Crippen LogP contribution in [0.15, 0.2) is 24.3 Å². The van der Waals surface area contributed by atoms with Gasteiger partial charge in [0, 0.05) is 19.8 Å². The van der Waals surface area contributed by atoms with E-state index in [1.165, 1.54) is 24.0 Å². The van der Waals surface area contributed by atoms with Crippen LogP contribution < -0.4 is 5.32 Å². The van der Waals surface area contributed by atoms with Crippen molar-refractivity contribution in [1.29, 1.82) is 0 Å². The molecular formula is C18H25NO2. The summed E-state index contributed by atoms with van der Waals surface area (Å²) in [7, 11) is 0. The van der Waals surface area contributed by atoms with E-state index in [1.807, 2.05) is 6.07 Å². The Hall–Kier alpha value is -1.35. The zero-order valence-electron chi connectivity index (χ0n) is 12.6. The van der Waals surface area contributed by atoms with E-state index in [9.17, 15) is 4.79 Å². The van der Waals surface area contributed by atoms with Crippen molar-refractivity contribution in [2.24, 2.45) is 5.92 Å². The van der Waals surface area contributed by atoms with Gasteiger partial charge in [0.1, 0.15) is 0 Å². The van der Waals surface area contributed by atoms with Crippen LogP contribution in [0.3, 0.4) is 0 Å². The molecule has 0 radical (unpaired) electrons. The van der Waals surface area contributed by atoms with Gasteiger partial charge in [0.2, 0.25) is 5.91 Å². The molecule has 1 amide bonds. The Labute approximate surface area is 127 Å². The van der Waals surface area contributed by atoms with Crippen LogP contribution >= 0.6 is 0 Å². The summed E-state index contributed by atoms with van der Waals surface area (Å²) >= 11 is 0. The minimum absolute atomic E-state index is 0.0438. The largest absolute Gasteiger partial charge is 0.381 e. The molecule has 1 N–H and O–H groups in total. The fourth-order valence-electron chi connectivity index (χ4n) is 3.07. The van der Waals surface area contributed by atoms with Crippen LogP contribution in [0.2, 0.25) is 0 Å². The number of nitrogens with one attached hydrogen (secondary N) is 1. The molecular weight excluding hydrogens is 262 g/mol. The zero-order valence-corrected chi connectivity index (χ0v) is 12.6. The van der Waals surface area contributed by atoms with Crippen molar-refractivity contribution < 1.29 is 9.53 Å². The molecule has 0 saturated heterocycles. The molecule has 114 valence electrons. The Morgan fingerprint density at radius 2 is 2.10 bits per heavy atom. The van der Waals surface area contributed by atoms with Gasteiger partial charge in [-0.2, -0.15) is 0 Å². The highest BCUT2D eigenvalue weighted by Crippen LogP contribution is 2.31. The Kier molecular flexibility index (Phi) is 4.91. The summed E-state index contributed by atoms with van der Waals surface area (Å²) in [6.07, 6.45) is 6.76. The first-order valence-electron chi connectivity index (χ1n) is 8.28. The standard InChI is InChI=1S/C18H25NO2/c20-18(19-11-4-12-21-13-14-9-10-14)17-8-3-6-15-5-1-2-7-16(15)17/h1-2,5,7,14,17H,3-4,6,8-13H2,(H,19,20). The summed E-state index contributed by atoms with van der Waals surface area (Å²) in [6, 6.07) is 8.37. The van der Waals surface area contributed by atoms with Gasteiger partial charge in [0.15, 0.2) is 0 Å². The van der Waals surface area contributed by atoms with Gasteiger partial charge in [-0.25, -0.2) is 0 Å². The van der Waals surface area contributed by atoms with Crippen LogP contribution in [0, 0.1) is 5.92 Å². The van der Waals surface area contributed by atoms with Gasteiger partial charge in [-0.15, -0.1) is 0 Å². The summed E-state index contributed by atoms with van der Waals surface area (Å²) in [5.41, 5.74) is 2.57. The molecule has 0 spiro atoms. The van der Waals surface area contributed by atoms with Crippen molar-refractivity contribution >= 4 is 5.91 Å². The second-order valence-corrected chi connectivity index (χ2v) is 6.31. The van der Waals surface area contributed by atoms with Crippen LogP contribution in [0.25, 0.3) is 0 Å². The van der Waals surface area contributed by atoms with E-state index < -0.39 is 0 Å². The van der Waals surface area contributed by atoms with Crippen molar-refractivity contribution in [3.05, 3.63) is 35.4 Å². The van der Waals surface area contributed by atoms with Gasteiger partial charge in [0.05, 0.1) is 5.92 Å². The average Bonchev–Trinajstić information content (AvgIpc) is 3.34. The van der Waals surface area contributed by atoms with Gasteiger partial charge >= 0.3 is 0 Å². The Balaban J connectivity index is 1.41. The highest BCUT2D eigenvalue weighted by atomic mass is 16.5. The Morgan fingerprint density at radius 3 is 2.95 bits per heavy atom. The number of benzene rings is 1. The number of aryl methyl sites for hydroxylation is 1. The van der Waals surface area contributed by atoms with Crippen molar-refractivity contribution in [2.75, 3.05) is 19.8 Å². The molecule has 1 fully saturated rings. The number of hydrogen-bond donors (Lipinski definition) is 1. The lowest BCUT2D eigenvalue weighted by Gasteiger charge is -2.24. The number of amides is 1. The van der Waals surface area contributed by atoms with E-state index >= 15 is 0 Å². The third-order valence-electron chi connectivity index (χ3n) is 4.50. The van der Waals surface area contributed by atoms with E-state index in [0.717, 1.165) is 51.4 Å². The molecule has 0 heterocycles. The number of rotatable bonds is 7. The van der Waals surface area contributed by atoms with Crippen LogP contribution in [-0.2, 0) is 16.0 Å². The highest BCUT2D eigenvalue weighted by Gasteiger charge is 2.25. The minimum Gasteiger partial charge on any atom is -0.381 e. The third-order valence-corrected chi connectivity index (χ3v) is 4.50. The number of carbonyl (C=O) groups excluding carboxylic acids is 1. The van der Waals surface area contributed by atoms with Crippen LogP contribution in [0.4, 0.5) is 0 Å². The molecule has 0 bridgehead atoms. The maximum Gasteiger partial charge on any atom is 0.227 e. The summed E-state index contributed by atoms with van der Waals surface area (Å²) in [5.74, 6) is 1.05. The first-order valence-corrected chi connectivity index (χ1v) is 8.28. The first-order chi connectivity index (χ1) is 10.3. The summed E-state index contributed by atoms with van der Waals surface area (Å²) in [4.78, 5) is 12.4. The molecule has 2 aliphatic rings. The molecule has 0 aromatic heterocycles. The normalized spacial score (nSPS) is 20.9. The van der Waals surface area contributed by atoms with Gasteiger partial charge in [0.25, 0.3) is 0 Å². The van der Waals surface area contributed by atoms with E-state index in [1.54, 1.807) is 0 Å². The third kappa shape index (κ3) is 4.07. The first kappa shape index (κ1) is 14.6. The lowest BCUT2D eigenvalue weighted by atomic mass is 9.82. The molecule has 1 aromatic rings. The van der Waals surface area contributed by atoms with E-state index in [2.05, 4.69) is 23.5 Å². The maximum absolute atomic E-state index is 12.4.